The summed E-state index contributed by atoms with van der Waals surface area (Å²) in [6, 6.07) is 1.33. The van der Waals surface area contributed by atoms with Gasteiger partial charge in [0, 0.05) is 18.6 Å². The fourth-order valence-electron chi connectivity index (χ4n) is 2.38. The molecule has 0 spiro atoms. The summed E-state index contributed by atoms with van der Waals surface area (Å²) >= 11 is 0. The summed E-state index contributed by atoms with van der Waals surface area (Å²) in [4.78, 5) is 2.27. The predicted octanol–water partition coefficient (Wildman–Crippen LogP) is 2.49. The fraction of sp³-hybridized carbons (Fsp3) is 1.00. The second-order valence-corrected chi connectivity index (χ2v) is 5.51. The zero-order valence-corrected chi connectivity index (χ0v) is 10.9. The summed E-state index contributed by atoms with van der Waals surface area (Å²) in [5.74, 6) is 1.00. The maximum atomic E-state index is 3.65. The molecule has 0 saturated heterocycles. The molecule has 0 aromatic heterocycles. The minimum atomic E-state index is 0.635. The summed E-state index contributed by atoms with van der Waals surface area (Å²) in [5.41, 5.74) is 0. The smallest absolute Gasteiger partial charge is 0.0186 e. The molecule has 1 saturated carbocycles. The van der Waals surface area contributed by atoms with Crippen molar-refractivity contribution in [1.29, 1.82) is 0 Å². The highest BCUT2D eigenvalue weighted by atomic mass is 15.1. The van der Waals surface area contributed by atoms with Crippen molar-refractivity contribution in [2.75, 3.05) is 20.6 Å². The first-order valence-corrected chi connectivity index (χ1v) is 6.49. The van der Waals surface area contributed by atoms with Crippen LogP contribution in [0.1, 0.15) is 46.0 Å². The van der Waals surface area contributed by atoms with Crippen LogP contribution in [0.3, 0.4) is 0 Å². The van der Waals surface area contributed by atoms with Gasteiger partial charge in [-0.3, -0.25) is 0 Å². The van der Waals surface area contributed by atoms with E-state index in [9.17, 15) is 0 Å². The lowest BCUT2D eigenvalue weighted by atomic mass is 9.99. The first-order chi connectivity index (χ1) is 7.09. The Morgan fingerprint density at radius 2 is 1.80 bits per heavy atom. The third-order valence-corrected chi connectivity index (χ3v) is 3.80. The highest BCUT2D eigenvalue weighted by molar-refractivity contribution is 4.74. The molecule has 15 heavy (non-hydrogen) atoms. The van der Waals surface area contributed by atoms with E-state index in [0.717, 1.165) is 12.5 Å². The number of nitrogens with zero attached hydrogens (tertiary/aromatic N) is 1. The molecule has 1 N–H and O–H groups in total. The van der Waals surface area contributed by atoms with Gasteiger partial charge in [-0.25, -0.2) is 0 Å². The zero-order valence-electron chi connectivity index (χ0n) is 10.9. The summed E-state index contributed by atoms with van der Waals surface area (Å²) < 4.78 is 0. The van der Waals surface area contributed by atoms with Crippen molar-refractivity contribution in [3.8, 4) is 0 Å². The number of likely N-dealkylation sites (N-methyl/N-ethyl adjacent to an activating group) is 1. The lowest BCUT2D eigenvalue weighted by Gasteiger charge is -2.24. The zero-order chi connectivity index (χ0) is 11.3. The Morgan fingerprint density at radius 3 is 2.33 bits per heavy atom. The SMILES string of the molecule is CC(CC1CCCC1)NCC(C)N(C)C. The van der Waals surface area contributed by atoms with Gasteiger partial charge in [0.15, 0.2) is 0 Å². The molecule has 0 heterocycles. The van der Waals surface area contributed by atoms with Crippen LogP contribution in [0.4, 0.5) is 0 Å². The van der Waals surface area contributed by atoms with Gasteiger partial charge >= 0.3 is 0 Å². The fourth-order valence-corrected chi connectivity index (χ4v) is 2.38. The van der Waals surface area contributed by atoms with E-state index in [0.29, 0.717) is 12.1 Å². The van der Waals surface area contributed by atoms with Crippen LogP contribution in [-0.2, 0) is 0 Å². The summed E-state index contributed by atoms with van der Waals surface area (Å²) in [6.07, 6.45) is 7.24. The highest BCUT2D eigenvalue weighted by Gasteiger charge is 2.17. The third kappa shape index (κ3) is 4.98. The molecule has 0 bridgehead atoms. The molecule has 1 aliphatic carbocycles. The van der Waals surface area contributed by atoms with Crippen molar-refractivity contribution in [3.05, 3.63) is 0 Å². The van der Waals surface area contributed by atoms with Crippen LogP contribution in [0, 0.1) is 5.92 Å². The van der Waals surface area contributed by atoms with Gasteiger partial charge in [-0.15, -0.1) is 0 Å². The second-order valence-electron chi connectivity index (χ2n) is 5.51. The Kier molecular flexibility index (Phi) is 5.62. The molecule has 1 fully saturated rings. The standard InChI is InChI=1S/C13H28N2/c1-11(9-13-7-5-6-8-13)14-10-12(2)15(3)4/h11-14H,5-10H2,1-4H3. The average Bonchev–Trinajstić information content (AvgIpc) is 2.66. The van der Waals surface area contributed by atoms with Crippen molar-refractivity contribution < 1.29 is 0 Å². The van der Waals surface area contributed by atoms with Crippen molar-refractivity contribution in [3.63, 3.8) is 0 Å². The van der Waals surface area contributed by atoms with Crippen molar-refractivity contribution in [2.45, 2.75) is 58.0 Å². The number of hydrogen-bond donors (Lipinski definition) is 1. The lowest BCUT2D eigenvalue weighted by molar-refractivity contribution is 0.286. The van der Waals surface area contributed by atoms with Crippen molar-refractivity contribution in [1.82, 2.24) is 10.2 Å². The van der Waals surface area contributed by atoms with Crippen LogP contribution < -0.4 is 5.32 Å². The van der Waals surface area contributed by atoms with Crippen LogP contribution in [0.2, 0.25) is 0 Å². The average molecular weight is 212 g/mol. The van der Waals surface area contributed by atoms with E-state index in [-0.39, 0.29) is 0 Å². The predicted molar refractivity (Wildman–Crippen MR) is 67.2 cm³/mol. The topological polar surface area (TPSA) is 15.3 Å². The van der Waals surface area contributed by atoms with E-state index in [1.165, 1.54) is 32.1 Å². The normalized spacial score (nSPS) is 22.2. The largest absolute Gasteiger partial charge is 0.313 e. The first-order valence-electron chi connectivity index (χ1n) is 6.49. The minimum Gasteiger partial charge on any atom is -0.313 e. The van der Waals surface area contributed by atoms with Crippen molar-refractivity contribution >= 4 is 0 Å². The van der Waals surface area contributed by atoms with Gasteiger partial charge in [-0.05, 0) is 40.3 Å². The molecule has 0 radical (unpaired) electrons. The van der Waals surface area contributed by atoms with Crippen LogP contribution in [0.25, 0.3) is 0 Å². The van der Waals surface area contributed by atoms with E-state index < -0.39 is 0 Å². The molecule has 0 aromatic carbocycles. The van der Waals surface area contributed by atoms with E-state index >= 15 is 0 Å². The molecule has 90 valence electrons. The Hall–Kier alpha value is -0.0800. The molecular formula is C13H28N2. The quantitative estimate of drug-likeness (QED) is 0.728. The van der Waals surface area contributed by atoms with Crippen LogP contribution in [0.5, 0.6) is 0 Å². The molecule has 0 amide bonds. The van der Waals surface area contributed by atoms with Gasteiger partial charge in [-0.1, -0.05) is 25.7 Å². The molecule has 2 atom stereocenters. The van der Waals surface area contributed by atoms with Gasteiger partial charge in [-0.2, -0.15) is 0 Å². The Bertz CT molecular complexity index is 162. The van der Waals surface area contributed by atoms with E-state index in [1.54, 1.807) is 0 Å². The summed E-state index contributed by atoms with van der Waals surface area (Å²) in [5, 5.41) is 3.65. The third-order valence-electron chi connectivity index (χ3n) is 3.80. The van der Waals surface area contributed by atoms with Gasteiger partial charge in [0.05, 0.1) is 0 Å². The molecule has 2 nitrogen and oxygen atoms in total. The Balaban J connectivity index is 2.09. The monoisotopic (exact) mass is 212 g/mol. The van der Waals surface area contributed by atoms with Gasteiger partial charge in [0.2, 0.25) is 0 Å². The van der Waals surface area contributed by atoms with Gasteiger partial charge < -0.3 is 10.2 Å². The highest BCUT2D eigenvalue weighted by Crippen LogP contribution is 2.28. The van der Waals surface area contributed by atoms with Crippen LogP contribution >= 0.6 is 0 Å². The Labute approximate surface area is 95.4 Å². The molecular weight excluding hydrogens is 184 g/mol. The van der Waals surface area contributed by atoms with Gasteiger partial charge in [0.1, 0.15) is 0 Å². The molecule has 2 unspecified atom stereocenters. The molecule has 1 aliphatic rings. The van der Waals surface area contributed by atoms with E-state index in [2.05, 4.69) is 38.2 Å². The summed E-state index contributed by atoms with van der Waals surface area (Å²) in [6.45, 7) is 5.72. The minimum absolute atomic E-state index is 0.635. The summed E-state index contributed by atoms with van der Waals surface area (Å²) in [7, 11) is 4.29. The van der Waals surface area contributed by atoms with E-state index in [4.69, 9.17) is 0 Å². The van der Waals surface area contributed by atoms with E-state index in [1.807, 2.05) is 0 Å². The maximum Gasteiger partial charge on any atom is 0.0186 e. The Morgan fingerprint density at radius 1 is 1.20 bits per heavy atom. The van der Waals surface area contributed by atoms with Crippen LogP contribution in [-0.4, -0.2) is 37.6 Å². The maximum absolute atomic E-state index is 3.65. The first kappa shape index (κ1) is 13.0. The molecule has 2 heteroatoms. The van der Waals surface area contributed by atoms with Crippen molar-refractivity contribution in [2.24, 2.45) is 5.92 Å². The number of rotatable bonds is 6. The van der Waals surface area contributed by atoms with Gasteiger partial charge in [0.25, 0.3) is 0 Å². The number of hydrogen-bond acceptors (Lipinski definition) is 2. The second kappa shape index (κ2) is 6.49. The molecule has 0 aromatic rings. The lowest BCUT2D eigenvalue weighted by Crippen LogP contribution is -2.39. The van der Waals surface area contributed by atoms with Crippen LogP contribution in [0.15, 0.2) is 0 Å². The molecule has 1 rings (SSSR count). The number of nitrogens with one attached hydrogen (secondary N) is 1. The molecule has 0 aliphatic heterocycles.